The first-order chi connectivity index (χ1) is 8.24. The molecule has 0 fully saturated rings. The molecule has 2 aromatic rings. The first-order valence-electron chi connectivity index (χ1n) is 4.77. The fourth-order valence-electron chi connectivity index (χ4n) is 1.11. The van der Waals surface area contributed by atoms with Crippen LogP contribution in [0.3, 0.4) is 0 Å². The van der Waals surface area contributed by atoms with Crippen molar-refractivity contribution in [3.8, 4) is 0 Å². The second-order valence-electron chi connectivity index (χ2n) is 3.15. The molecule has 2 heterocycles. The highest BCUT2D eigenvalue weighted by molar-refractivity contribution is 5.91. The number of furan rings is 1. The second kappa shape index (κ2) is 4.97. The Morgan fingerprint density at radius 1 is 1.59 bits per heavy atom. The highest BCUT2D eigenvalue weighted by Gasteiger charge is 2.01. The molecule has 17 heavy (non-hydrogen) atoms. The zero-order valence-corrected chi connectivity index (χ0v) is 8.67. The van der Waals surface area contributed by atoms with Crippen molar-refractivity contribution >= 4 is 12.0 Å². The van der Waals surface area contributed by atoms with Gasteiger partial charge in [-0.15, -0.1) is 0 Å². The lowest BCUT2D eigenvalue weighted by molar-refractivity contribution is -0.116. The van der Waals surface area contributed by atoms with Crippen molar-refractivity contribution in [1.82, 2.24) is 15.5 Å². The summed E-state index contributed by atoms with van der Waals surface area (Å²) < 4.78 is 9.11. The number of nitrogens with one attached hydrogen (secondary N) is 2. The van der Waals surface area contributed by atoms with Crippen LogP contribution in [0, 0.1) is 0 Å². The van der Waals surface area contributed by atoms with Crippen molar-refractivity contribution in [3.63, 3.8) is 0 Å². The van der Waals surface area contributed by atoms with E-state index in [-0.39, 0.29) is 18.3 Å². The first-order valence-corrected chi connectivity index (χ1v) is 4.77. The van der Waals surface area contributed by atoms with Gasteiger partial charge >= 0.3 is 5.76 Å². The highest BCUT2D eigenvalue weighted by atomic mass is 16.5. The largest absolute Gasteiger partial charge is 0.472 e. The summed E-state index contributed by atoms with van der Waals surface area (Å²) in [5, 5.41) is 5.93. The van der Waals surface area contributed by atoms with Crippen molar-refractivity contribution in [2.45, 2.75) is 6.54 Å². The van der Waals surface area contributed by atoms with E-state index in [1.807, 2.05) is 0 Å². The van der Waals surface area contributed by atoms with Gasteiger partial charge in [-0.3, -0.25) is 14.3 Å². The van der Waals surface area contributed by atoms with Crippen LogP contribution < -0.4 is 11.1 Å². The molecule has 7 heteroatoms. The summed E-state index contributed by atoms with van der Waals surface area (Å²) in [5.74, 6) is -0.696. The van der Waals surface area contributed by atoms with E-state index in [0.29, 0.717) is 0 Å². The predicted molar refractivity (Wildman–Crippen MR) is 56.7 cm³/mol. The predicted octanol–water partition coefficient (Wildman–Crippen LogP) is 0.285. The zero-order chi connectivity index (χ0) is 12.1. The van der Waals surface area contributed by atoms with E-state index in [2.05, 4.69) is 20.0 Å². The van der Waals surface area contributed by atoms with E-state index >= 15 is 0 Å². The fraction of sp³-hybridized carbons (Fsp3) is 0.100. The monoisotopic (exact) mass is 235 g/mol. The maximum atomic E-state index is 11.3. The smallest absolute Gasteiger partial charge is 0.438 e. The van der Waals surface area contributed by atoms with Crippen LogP contribution in [0.1, 0.15) is 11.4 Å². The van der Waals surface area contributed by atoms with Crippen LogP contribution in [0.2, 0.25) is 0 Å². The van der Waals surface area contributed by atoms with E-state index in [4.69, 9.17) is 4.42 Å². The molecule has 0 unspecified atom stereocenters. The molecular weight excluding hydrogens is 226 g/mol. The van der Waals surface area contributed by atoms with Gasteiger partial charge in [0.25, 0.3) is 0 Å². The van der Waals surface area contributed by atoms with Crippen LogP contribution in [-0.2, 0) is 11.3 Å². The molecule has 0 radical (unpaired) electrons. The third kappa shape index (κ3) is 3.20. The second-order valence-corrected chi connectivity index (χ2v) is 3.15. The Balaban J connectivity index is 1.84. The van der Waals surface area contributed by atoms with Crippen LogP contribution in [0.15, 0.2) is 38.4 Å². The van der Waals surface area contributed by atoms with Gasteiger partial charge in [-0.2, -0.15) is 0 Å². The Bertz CT molecular complexity index is 564. The molecule has 0 bridgehead atoms. The van der Waals surface area contributed by atoms with Gasteiger partial charge in [0.1, 0.15) is 0 Å². The van der Waals surface area contributed by atoms with Crippen LogP contribution in [-0.4, -0.2) is 16.0 Å². The minimum atomic E-state index is -0.650. The molecule has 7 nitrogen and oxygen atoms in total. The number of nitrogens with zero attached hydrogens (tertiary/aromatic N) is 1. The molecule has 2 aromatic heterocycles. The summed E-state index contributed by atoms with van der Waals surface area (Å²) in [5.41, 5.74) is 0.787. The van der Waals surface area contributed by atoms with Crippen LogP contribution in [0.25, 0.3) is 6.08 Å². The number of amides is 1. The highest BCUT2D eigenvalue weighted by Crippen LogP contribution is 2.01. The number of carbonyl (C=O) groups is 1. The number of rotatable bonds is 4. The molecule has 0 aromatic carbocycles. The maximum Gasteiger partial charge on any atom is 0.438 e. The van der Waals surface area contributed by atoms with E-state index < -0.39 is 5.76 Å². The quantitative estimate of drug-likeness (QED) is 0.741. The standard InChI is InChI=1S/C10H9N3O4/c14-9(2-1-7-3-4-16-6-7)11-5-8-12-10(15)17-13-8/h1-4,6H,5H2,(H,11,14)(H,12,13,15)/b2-1+. The zero-order valence-electron chi connectivity index (χ0n) is 8.67. The van der Waals surface area contributed by atoms with Crippen LogP contribution >= 0.6 is 0 Å². The van der Waals surface area contributed by atoms with Crippen molar-refractivity contribution in [2.75, 3.05) is 0 Å². The van der Waals surface area contributed by atoms with E-state index in [1.165, 1.54) is 18.6 Å². The average Bonchev–Trinajstić information content (AvgIpc) is 2.95. The van der Waals surface area contributed by atoms with Gasteiger partial charge in [-0.1, -0.05) is 5.16 Å². The van der Waals surface area contributed by atoms with Crippen molar-refractivity contribution in [3.05, 3.63) is 46.6 Å². The summed E-state index contributed by atoms with van der Waals surface area (Å²) in [7, 11) is 0. The van der Waals surface area contributed by atoms with Gasteiger partial charge in [-0.25, -0.2) is 4.79 Å². The molecule has 1 amide bonds. The van der Waals surface area contributed by atoms with Crippen molar-refractivity contribution < 1.29 is 13.7 Å². The molecule has 88 valence electrons. The van der Waals surface area contributed by atoms with E-state index in [1.54, 1.807) is 12.1 Å². The summed E-state index contributed by atoms with van der Waals surface area (Å²) in [6.07, 6.45) is 5.98. The Morgan fingerprint density at radius 2 is 2.47 bits per heavy atom. The van der Waals surface area contributed by atoms with E-state index in [9.17, 15) is 9.59 Å². The summed E-state index contributed by atoms with van der Waals surface area (Å²) >= 11 is 0. The van der Waals surface area contributed by atoms with E-state index in [0.717, 1.165) is 5.56 Å². The molecule has 0 atom stereocenters. The number of H-pyrrole nitrogens is 1. The van der Waals surface area contributed by atoms with Gasteiger partial charge in [0.05, 0.1) is 19.1 Å². The molecule has 0 aliphatic heterocycles. The molecule has 0 aliphatic carbocycles. The minimum absolute atomic E-state index is 0.0975. The lowest BCUT2D eigenvalue weighted by Gasteiger charge is -1.96. The summed E-state index contributed by atoms with van der Waals surface area (Å²) in [6.45, 7) is 0.0975. The van der Waals surface area contributed by atoms with Gasteiger partial charge in [0, 0.05) is 11.6 Å². The Labute approximate surface area is 95.1 Å². The molecule has 0 spiro atoms. The van der Waals surface area contributed by atoms with Gasteiger partial charge < -0.3 is 9.73 Å². The van der Waals surface area contributed by atoms with Gasteiger partial charge in [-0.05, 0) is 12.1 Å². The first kappa shape index (κ1) is 10.9. The molecule has 2 N–H and O–H groups in total. The number of carbonyl (C=O) groups excluding carboxylic acids is 1. The Kier molecular flexibility index (Phi) is 3.20. The molecule has 0 saturated heterocycles. The van der Waals surface area contributed by atoms with Crippen LogP contribution in [0.4, 0.5) is 0 Å². The molecule has 2 rings (SSSR count). The van der Waals surface area contributed by atoms with Gasteiger partial charge in [0.15, 0.2) is 5.82 Å². The minimum Gasteiger partial charge on any atom is -0.472 e. The topological polar surface area (TPSA) is 101 Å². The van der Waals surface area contributed by atoms with Crippen molar-refractivity contribution in [2.24, 2.45) is 0 Å². The maximum absolute atomic E-state index is 11.3. The summed E-state index contributed by atoms with van der Waals surface area (Å²) in [6, 6.07) is 1.72. The fourth-order valence-corrected chi connectivity index (χ4v) is 1.11. The normalized spacial score (nSPS) is 10.8. The van der Waals surface area contributed by atoms with Crippen LogP contribution in [0.5, 0.6) is 0 Å². The number of aromatic nitrogens is 2. The number of hydrogen-bond acceptors (Lipinski definition) is 5. The lowest BCUT2D eigenvalue weighted by Crippen LogP contribution is -2.21. The lowest BCUT2D eigenvalue weighted by atomic mass is 10.3. The number of hydrogen-bond donors (Lipinski definition) is 2. The molecular formula is C10H9N3O4. The Morgan fingerprint density at radius 3 is 3.12 bits per heavy atom. The van der Waals surface area contributed by atoms with Gasteiger partial charge in [0.2, 0.25) is 5.91 Å². The molecule has 0 aliphatic rings. The number of aromatic amines is 1. The molecule has 0 saturated carbocycles. The SMILES string of the molecule is O=C(/C=C/c1ccoc1)NCc1noc(=O)[nH]1. The van der Waals surface area contributed by atoms with Crippen molar-refractivity contribution in [1.29, 1.82) is 0 Å². The average molecular weight is 235 g/mol. The Hall–Kier alpha value is -2.57. The third-order valence-corrected chi connectivity index (χ3v) is 1.89. The summed E-state index contributed by atoms with van der Waals surface area (Å²) in [4.78, 5) is 24.2. The third-order valence-electron chi connectivity index (χ3n) is 1.89.